The van der Waals surface area contributed by atoms with E-state index in [1.54, 1.807) is 18.2 Å². The highest BCUT2D eigenvalue weighted by Gasteiger charge is 2.13. The Kier molecular flexibility index (Phi) is 4.75. The van der Waals surface area contributed by atoms with Gasteiger partial charge in [-0.15, -0.1) is 0 Å². The molecule has 0 unspecified atom stereocenters. The van der Waals surface area contributed by atoms with Crippen molar-refractivity contribution in [1.82, 2.24) is 0 Å². The van der Waals surface area contributed by atoms with Gasteiger partial charge in [-0.3, -0.25) is 4.79 Å². The average molecular weight is 285 g/mol. The molecule has 100 valence electrons. The number of carbonyl (C=O) groups excluding carboxylic acids is 1. The Morgan fingerprint density at radius 1 is 1.20 bits per heavy atom. The van der Waals surface area contributed by atoms with Crippen LogP contribution in [-0.4, -0.2) is 12.8 Å². The largest absolute Gasteiger partial charge is 0.340 e. The normalized spacial score (nSPS) is 9.80. The predicted molar refractivity (Wildman–Crippen MR) is 80.5 cm³/mol. The van der Waals surface area contributed by atoms with Gasteiger partial charge in [0.05, 0.1) is 18.2 Å². The Morgan fingerprint density at radius 2 is 1.95 bits per heavy atom. The van der Waals surface area contributed by atoms with Crippen molar-refractivity contribution in [3.8, 4) is 6.07 Å². The summed E-state index contributed by atoms with van der Waals surface area (Å²) in [5, 5.41) is 9.33. The average Bonchev–Trinajstić information content (AvgIpc) is 2.49. The molecule has 0 saturated carbocycles. The second-order valence-electron chi connectivity index (χ2n) is 4.22. The fraction of sp³-hybridized carbons (Fsp3) is 0.125. The molecule has 0 amide bonds. The second-order valence-corrected chi connectivity index (χ2v) is 4.65. The van der Waals surface area contributed by atoms with Crippen LogP contribution in [0.3, 0.4) is 0 Å². The van der Waals surface area contributed by atoms with E-state index < -0.39 is 0 Å². The predicted octanol–water partition coefficient (Wildman–Crippen LogP) is 4.20. The molecule has 0 aliphatic heterocycles. The van der Waals surface area contributed by atoms with Gasteiger partial charge in [0.15, 0.2) is 6.29 Å². The number of rotatable bonds is 5. The zero-order valence-corrected chi connectivity index (χ0v) is 11.5. The molecule has 20 heavy (non-hydrogen) atoms. The van der Waals surface area contributed by atoms with Crippen molar-refractivity contribution in [2.45, 2.75) is 6.42 Å². The first kappa shape index (κ1) is 14.1. The molecule has 0 saturated heterocycles. The number of nitriles is 1. The molecule has 0 heterocycles. The third-order valence-corrected chi connectivity index (χ3v) is 3.16. The fourth-order valence-corrected chi connectivity index (χ4v) is 2.20. The van der Waals surface area contributed by atoms with E-state index in [4.69, 9.17) is 16.9 Å². The number of anilines is 2. The number of halogens is 1. The number of benzene rings is 2. The first-order valence-electron chi connectivity index (χ1n) is 6.20. The number of carbonyl (C=O) groups is 1. The quantitative estimate of drug-likeness (QED) is 0.773. The van der Waals surface area contributed by atoms with E-state index in [2.05, 4.69) is 6.07 Å². The molecule has 2 aromatic carbocycles. The maximum Gasteiger partial charge on any atom is 0.152 e. The molecule has 0 aliphatic rings. The Bertz CT molecular complexity index is 635. The van der Waals surface area contributed by atoms with E-state index in [1.165, 1.54) is 0 Å². The molecule has 0 radical (unpaired) electrons. The Labute approximate surface area is 123 Å². The molecular weight excluding hydrogens is 272 g/mol. The van der Waals surface area contributed by atoms with Crippen LogP contribution in [-0.2, 0) is 0 Å². The Hall–Kier alpha value is -2.31. The van der Waals surface area contributed by atoms with Gasteiger partial charge in [-0.2, -0.15) is 5.26 Å². The summed E-state index contributed by atoms with van der Waals surface area (Å²) < 4.78 is 0. The lowest BCUT2D eigenvalue weighted by Gasteiger charge is -2.25. The van der Waals surface area contributed by atoms with Crippen LogP contribution in [0, 0.1) is 11.3 Å². The summed E-state index contributed by atoms with van der Waals surface area (Å²) in [6.07, 6.45) is 1.15. The SMILES string of the molecule is N#CCCN(c1ccccc1)c1ccc(Cl)cc1C=O. The molecule has 0 atom stereocenters. The van der Waals surface area contributed by atoms with E-state index in [0.29, 0.717) is 23.6 Å². The minimum Gasteiger partial charge on any atom is -0.340 e. The van der Waals surface area contributed by atoms with Gasteiger partial charge in [0.1, 0.15) is 0 Å². The van der Waals surface area contributed by atoms with Crippen LogP contribution in [0.2, 0.25) is 5.02 Å². The molecule has 2 rings (SSSR count). The summed E-state index contributed by atoms with van der Waals surface area (Å²) in [6, 6.07) is 17.0. The molecule has 3 nitrogen and oxygen atoms in total. The number of hydrogen-bond acceptors (Lipinski definition) is 3. The highest BCUT2D eigenvalue weighted by atomic mass is 35.5. The lowest BCUT2D eigenvalue weighted by molar-refractivity contribution is 0.112. The van der Waals surface area contributed by atoms with Crippen LogP contribution in [0.1, 0.15) is 16.8 Å². The van der Waals surface area contributed by atoms with E-state index >= 15 is 0 Å². The van der Waals surface area contributed by atoms with Gasteiger partial charge in [-0.1, -0.05) is 29.8 Å². The van der Waals surface area contributed by atoms with Crippen molar-refractivity contribution in [3.63, 3.8) is 0 Å². The summed E-state index contributed by atoms with van der Waals surface area (Å²) in [7, 11) is 0. The van der Waals surface area contributed by atoms with Crippen LogP contribution in [0.4, 0.5) is 11.4 Å². The van der Waals surface area contributed by atoms with Crippen molar-refractivity contribution in [3.05, 3.63) is 59.1 Å². The molecule has 0 N–H and O–H groups in total. The first-order chi connectivity index (χ1) is 9.76. The standard InChI is InChI=1S/C16H13ClN2O/c17-14-7-8-16(13(11-14)12-20)19(10-4-9-18)15-5-2-1-3-6-15/h1-3,5-8,11-12H,4,10H2. The van der Waals surface area contributed by atoms with Crippen LogP contribution < -0.4 is 4.90 Å². The highest BCUT2D eigenvalue weighted by Crippen LogP contribution is 2.29. The monoisotopic (exact) mass is 284 g/mol. The number of para-hydroxylation sites is 1. The summed E-state index contributed by atoms with van der Waals surface area (Å²) in [6.45, 7) is 0.517. The van der Waals surface area contributed by atoms with E-state index in [1.807, 2.05) is 35.2 Å². The van der Waals surface area contributed by atoms with Crippen LogP contribution in [0.25, 0.3) is 0 Å². The van der Waals surface area contributed by atoms with Crippen molar-refractivity contribution in [1.29, 1.82) is 5.26 Å². The lowest BCUT2D eigenvalue weighted by Crippen LogP contribution is -2.19. The molecule has 0 bridgehead atoms. The minimum absolute atomic E-state index is 0.371. The maximum absolute atomic E-state index is 11.2. The van der Waals surface area contributed by atoms with Crippen LogP contribution in [0.5, 0.6) is 0 Å². The smallest absolute Gasteiger partial charge is 0.152 e. The highest BCUT2D eigenvalue weighted by molar-refractivity contribution is 6.31. The molecule has 0 spiro atoms. The first-order valence-corrected chi connectivity index (χ1v) is 6.58. The van der Waals surface area contributed by atoms with Gasteiger partial charge < -0.3 is 4.90 Å². The summed E-state index contributed by atoms with van der Waals surface area (Å²) in [5.41, 5.74) is 2.21. The molecule has 4 heteroatoms. The molecule has 0 aromatic heterocycles. The van der Waals surface area contributed by atoms with Gasteiger partial charge in [0, 0.05) is 22.8 Å². The van der Waals surface area contributed by atoms with Gasteiger partial charge >= 0.3 is 0 Å². The second kappa shape index (κ2) is 6.74. The van der Waals surface area contributed by atoms with Gasteiger partial charge in [-0.05, 0) is 30.3 Å². The Morgan fingerprint density at radius 3 is 2.60 bits per heavy atom. The fourth-order valence-electron chi connectivity index (χ4n) is 2.02. The number of aldehydes is 1. The van der Waals surface area contributed by atoms with Crippen molar-refractivity contribution in [2.24, 2.45) is 0 Å². The van der Waals surface area contributed by atoms with E-state index in [0.717, 1.165) is 17.7 Å². The number of hydrogen-bond donors (Lipinski definition) is 0. The van der Waals surface area contributed by atoms with E-state index in [-0.39, 0.29) is 0 Å². The third kappa shape index (κ3) is 3.17. The molecule has 0 fully saturated rings. The molecule has 0 aliphatic carbocycles. The summed E-state index contributed by atoms with van der Waals surface area (Å²) in [5.74, 6) is 0. The summed E-state index contributed by atoms with van der Waals surface area (Å²) >= 11 is 5.92. The topological polar surface area (TPSA) is 44.1 Å². The molecular formula is C16H13ClN2O. The van der Waals surface area contributed by atoms with Crippen molar-refractivity contribution >= 4 is 29.3 Å². The number of nitrogens with zero attached hydrogens (tertiary/aromatic N) is 2. The van der Waals surface area contributed by atoms with Gasteiger partial charge in [-0.25, -0.2) is 0 Å². The van der Waals surface area contributed by atoms with Crippen LogP contribution in [0.15, 0.2) is 48.5 Å². The van der Waals surface area contributed by atoms with Crippen molar-refractivity contribution < 1.29 is 4.79 Å². The van der Waals surface area contributed by atoms with Crippen LogP contribution >= 0.6 is 11.6 Å². The zero-order valence-electron chi connectivity index (χ0n) is 10.8. The summed E-state index contributed by atoms with van der Waals surface area (Å²) in [4.78, 5) is 13.2. The van der Waals surface area contributed by atoms with Crippen molar-refractivity contribution in [2.75, 3.05) is 11.4 Å². The zero-order chi connectivity index (χ0) is 14.4. The molecule has 2 aromatic rings. The maximum atomic E-state index is 11.2. The van der Waals surface area contributed by atoms with Gasteiger partial charge in [0.2, 0.25) is 0 Å². The lowest BCUT2D eigenvalue weighted by atomic mass is 10.1. The minimum atomic E-state index is 0.371. The van der Waals surface area contributed by atoms with E-state index in [9.17, 15) is 4.79 Å². The third-order valence-electron chi connectivity index (χ3n) is 2.92. The van der Waals surface area contributed by atoms with Gasteiger partial charge in [0.25, 0.3) is 0 Å². The Balaban J connectivity index is 2.47.